The fraction of sp³-hybridized carbons (Fsp3) is 0.500. The quantitative estimate of drug-likeness (QED) is 0.797. The van der Waals surface area contributed by atoms with Crippen molar-refractivity contribution in [1.29, 1.82) is 5.26 Å². The van der Waals surface area contributed by atoms with E-state index in [4.69, 9.17) is 0 Å². The molecule has 2 heteroatoms. The molecule has 0 aliphatic heterocycles. The lowest BCUT2D eigenvalue weighted by atomic mass is 9.70. The lowest BCUT2D eigenvalue weighted by Crippen LogP contribution is -2.33. The molecular weight excluding hydrogens is 244 g/mol. The Morgan fingerprint density at radius 3 is 2.40 bits per heavy atom. The second-order valence-corrected chi connectivity index (χ2v) is 6.50. The van der Waals surface area contributed by atoms with Crippen LogP contribution in [0.2, 0.25) is 0 Å². The first-order valence-electron chi connectivity index (χ1n) is 7.37. The standard InChI is InChI=1S/C18H24N2/c1-13-7-9-15(10-8-13)20-16(12-19)17-14(2)6-5-11-18(17,3)4/h7-10,16,20H,5-6,11H2,1-4H3. The number of allylic oxidation sites excluding steroid dienone is 1. The summed E-state index contributed by atoms with van der Waals surface area (Å²) in [6.45, 7) is 8.76. The fourth-order valence-electron chi connectivity index (χ4n) is 3.27. The van der Waals surface area contributed by atoms with Crippen LogP contribution in [-0.4, -0.2) is 6.04 Å². The normalized spacial score (nSPS) is 19.4. The number of hydrogen-bond donors (Lipinski definition) is 1. The van der Waals surface area contributed by atoms with Crippen LogP contribution in [-0.2, 0) is 0 Å². The monoisotopic (exact) mass is 268 g/mol. The molecule has 0 fully saturated rings. The molecule has 1 aromatic rings. The van der Waals surface area contributed by atoms with Gasteiger partial charge in [0.05, 0.1) is 6.07 Å². The molecule has 0 heterocycles. The average Bonchev–Trinajstić information content (AvgIpc) is 2.39. The summed E-state index contributed by atoms with van der Waals surface area (Å²) in [6.07, 6.45) is 3.50. The summed E-state index contributed by atoms with van der Waals surface area (Å²) < 4.78 is 0. The van der Waals surface area contributed by atoms with Crippen molar-refractivity contribution in [3.8, 4) is 6.07 Å². The highest BCUT2D eigenvalue weighted by molar-refractivity contribution is 5.50. The Balaban J connectivity index is 2.28. The molecule has 0 amide bonds. The van der Waals surface area contributed by atoms with Gasteiger partial charge in [-0.2, -0.15) is 5.26 Å². The molecule has 2 rings (SSSR count). The number of nitriles is 1. The van der Waals surface area contributed by atoms with Crippen molar-refractivity contribution in [1.82, 2.24) is 0 Å². The van der Waals surface area contributed by atoms with E-state index in [1.54, 1.807) is 0 Å². The number of hydrogen-bond acceptors (Lipinski definition) is 2. The maximum atomic E-state index is 9.60. The van der Waals surface area contributed by atoms with Gasteiger partial charge in [0, 0.05) is 5.69 Å². The molecule has 2 nitrogen and oxygen atoms in total. The van der Waals surface area contributed by atoms with E-state index in [1.165, 1.54) is 23.1 Å². The minimum absolute atomic E-state index is 0.112. The first kappa shape index (κ1) is 14.7. The van der Waals surface area contributed by atoms with Crippen molar-refractivity contribution in [3.05, 3.63) is 41.0 Å². The molecule has 1 aliphatic rings. The smallest absolute Gasteiger partial charge is 0.136 e. The molecule has 1 aromatic carbocycles. The van der Waals surface area contributed by atoms with Crippen molar-refractivity contribution >= 4 is 5.69 Å². The Morgan fingerprint density at radius 1 is 1.20 bits per heavy atom. The highest BCUT2D eigenvalue weighted by Gasteiger charge is 2.33. The van der Waals surface area contributed by atoms with Crippen molar-refractivity contribution in [2.24, 2.45) is 5.41 Å². The van der Waals surface area contributed by atoms with Crippen LogP contribution < -0.4 is 5.32 Å². The van der Waals surface area contributed by atoms with Gasteiger partial charge in [0.25, 0.3) is 0 Å². The zero-order valence-corrected chi connectivity index (χ0v) is 13.0. The summed E-state index contributed by atoms with van der Waals surface area (Å²) in [7, 11) is 0. The second-order valence-electron chi connectivity index (χ2n) is 6.50. The summed E-state index contributed by atoms with van der Waals surface area (Å²) in [5.74, 6) is 0. The van der Waals surface area contributed by atoms with Gasteiger partial charge in [-0.25, -0.2) is 0 Å². The minimum Gasteiger partial charge on any atom is -0.366 e. The van der Waals surface area contributed by atoms with Gasteiger partial charge in [-0.3, -0.25) is 0 Å². The summed E-state index contributed by atoms with van der Waals surface area (Å²) >= 11 is 0. The van der Waals surface area contributed by atoms with Gasteiger partial charge in [-0.05, 0) is 56.2 Å². The van der Waals surface area contributed by atoms with Crippen LogP contribution in [0.15, 0.2) is 35.4 Å². The number of rotatable bonds is 3. The number of nitrogens with one attached hydrogen (secondary N) is 1. The Bertz CT molecular complexity index is 544. The van der Waals surface area contributed by atoms with Crippen molar-refractivity contribution < 1.29 is 0 Å². The molecule has 0 saturated heterocycles. The molecule has 0 bridgehead atoms. The van der Waals surface area contributed by atoms with Crippen LogP contribution in [0.5, 0.6) is 0 Å². The molecule has 0 aromatic heterocycles. The van der Waals surface area contributed by atoms with Gasteiger partial charge in [0.2, 0.25) is 0 Å². The van der Waals surface area contributed by atoms with E-state index in [-0.39, 0.29) is 11.5 Å². The molecule has 0 radical (unpaired) electrons. The number of anilines is 1. The van der Waals surface area contributed by atoms with Gasteiger partial charge in [0.15, 0.2) is 0 Å². The third-order valence-electron chi connectivity index (χ3n) is 4.32. The summed E-state index contributed by atoms with van der Waals surface area (Å²) in [4.78, 5) is 0. The van der Waals surface area contributed by atoms with Crippen LogP contribution in [0.1, 0.15) is 45.6 Å². The maximum Gasteiger partial charge on any atom is 0.136 e. The molecule has 106 valence electrons. The summed E-state index contributed by atoms with van der Waals surface area (Å²) in [6, 6.07) is 10.5. The average molecular weight is 268 g/mol. The minimum atomic E-state index is -0.229. The predicted molar refractivity (Wildman–Crippen MR) is 84.5 cm³/mol. The van der Waals surface area contributed by atoms with Crippen LogP contribution in [0.4, 0.5) is 5.69 Å². The third kappa shape index (κ3) is 3.04. The topological polar surface area (TPSA) is 35.8 Å². The third-order valence-corrected chi connectivity index (χ3v) is 4.32. The summed E-state index contributed by atoms with van der Waals surface area (Å²) in [5.41, 5.74) is 5.03. The van der Waals surface area contributed by atoms with Gasteiger partial charge < -0.3 is 5.32 Å². The largest absolute Gasteiger partial charge is 0.366 e. The number of aryl methyl sites for hydroxylation is 1. The maximum absolute atomic E-state index is 9.60. The molecule has 1 unspecified atom stereocenters. The van der Waals surface area contributed by atoms with Gasteiger partial charge in [-0.15, -0.1) is 0 Å². The molecule has 1 atom stereocenters. The van der Waals surface area contributed by atoms with Gasteiger partial charge >= 0.3 is 0 Å². The fourth-order valence-corrected chi connectivity index (χ4v) is 3.27. The van der Waals surface area contributed by atoms with Crippen LogP contribution in [0, 0.1) is 23.7 Å². The Hall–Kier alpha value is -1.75. The van der Waals surface area contributed by atoms with Crippen molar-refractivity contribution in [2.45, 2.75) is 53.0 Å². The lowest BCUT2D eigenvalue weighted by molar-refractivity contribution is 0.356. The highest BCUT2D eigenvalue weighted by atomic mass is 14.9. The molecular formula is C18H24N2. The highest BCUT2D eigenvalue weighted by Crippen LogP contribution is 2.42. The van der Waals surface area contributed by atoms with Crippen molar-refractivity contribution in [3.63, 3.8) is 0 Å². The van der Waals surface area contributed by atoms with E-state index >= 15 is 0 Å². The van der Waals surface area contributed by atoms with E-state index in [9.17, 15) is 5.26 Å². The van der Waals surface area contributed by atoms with E-state index in [0.717, 1.165) is 18.5 Å². The number of nitrogens with zero attached hydrogens (tertiary/aromatic N) is 1. The van der Waals surface area contributed by atoms with Gasteiger partial charge in [0.1, 0.15) is 6.04 Å². The van der Waals surface area contributed by atoms with E-state index in [2.05, 4.69) is 51.2 Å². The molecule has 1 N–H and O–H groups in total. The molecule has 1 aliphatic carbocycles. The van der Waals surface area contributed by atoms with Crippen LogP contribution in [0.25, 0.3) is 0 Å². The van der Waals surface area contributed by atoms with E-state index < -0.39 is 0 Å². The predicted octanol–water partition coefficient (Wildman–Crippen LogP) is 4.83. The zero-order chi connectivity index (χ0) is 14.8. The molecule has 20 heavy (non-hydrogen) atoms. The SMILES string of the molecule is CC1=C(C(C#N)Nc2ccc(C)cc2)C(C)(C)CCC1. The Kier molecular flexibility index (Phi) is 4.18. The van der Waals surface area contributed by atoms with E-state index in [0.29, 0.717) is 0 Å². The Morgan fingerprint density at radius 2 is 1.85 bits per heavy atom. The van der Waals surface area contributed by atoms with Crippen LogP contribution in [0.3, 0.4) is 0 Å². The first-order valence-corrected chi connectivity index (χ1v) is 7.37. The zero-order valence-electron chi connectivity index (χ0n) is 13.0. The second kappa shape index (κ2) is 5.71. The van der Waals surface area contributed by atoms with Gasteiger partial charge in [-0.1, -0.05) is 37.1 Å². The van der Waals surface area contributed by atoms with Crippen molar-refractivity contribution in [2.75, 3.05) is 5.32 Å². The van der Waals surface area contributed by atoms with E-state index in [1.807, 2.05) is 12.1 Å². The Labute approximate surface area is 122 Å². The lowest BCUT2D eigenvalue weighted by Gasteiger charge is -2.37. The summed E-state index contributed by atoms with van der Waals surface area (Å²) in [5, 5.41) is 13.0. The number of benzene rings is 1. The molecule has 0 spiro atoms. The first-order chi connectivity index (χ1) is 9.44. The molecule has 0 saturated carbocycles. The van der Waals surface area contributed by atoms with Crippen LogP contribution >= 0.6 is 0 Å².